The Hall–Kier alpha value is -1.10. The van der Waals surface area contributed by atoms with Gasteiger partial charge in [0.2, 0.25) is 0 Å². The Labute approximate surface area is 162 Å². The number of halogens is 1. The monoisotopic (exact) mass is 381 g/mol. The number of ketones is 1. The second-order valence-electron chi connectivity index (χ2n) is 7.08. The van der Waals surface area contributed by atoms with E-state index < -0.39 is 0 Å². The molecule has 26 heavy (non-hydrogen) atoms. The van der Waals surface area contributed by atoms with Gasteiger partial charge in [-0.1, -0.05) is 37.3 Å². The summed E-state index contributed by atoms with van der Waals surface area (Å²) < 4.78 is 11.2. The fraction of sp³-hybridized carbons (Fsp3) is 0.667. The molecule has 1 aromatic carbocycles. The van der Waals surface area contributed by atoms with E-state index in [4.69, 9.17) is 21.1 Å². The molecular weight excluding hydrogens is 350 g/mol. The third kappa shape index (κ3) is 7.26. The molecule has 5 heteroatoms. The van der Waals surface area contributed by atoms with Crippen molar-refractivity contribution in [2.75, 3.05) is 39.5 Å². The number of Topliss-reactive ketones (excluding diaryl/α,β-unsaturated/α-hetero) is 1. The topological polar surface area (TPSA) is 38.8 Å². The highest BCUT2D eigenvalue weighted by Crippen LogP contribution is 2.27. The van der Waals surface area contributed by atoms with Gasteiger partial charge < -0.3 is 9.47 Å². The van der Waals surface area contributed by atoms with Crippen LogP contribution < -0.4 is 4.74 Å². The number of carbonyl (C=O) groups is 1. The summed E-state index contributed by atoms with van der Waals surface area (Å²) in [5.74, 6) is 0.645. The van der Waals surface area contributed by atoms with E-state index in [0.717, 1.165) is 38.3 Å². The fourth-order valence-electron chi connectivity index (χ4n) is 3.20. The zero-order valence-electron chi connectivity index (χ0n) is 16.2. The van der Waals surface area contributed by atoms with E-state index in [9.17, 15) is 4.79 Å². The van der Waals surface area contributed by atoms with Crippen molar-refractivity contribution in [2.45, 2.75) is 52.4 Å². The lowest BCUT2D eigenvalue weighted by Crippen LogP contribution is -2.36. The first-order chi connectivity index (χ1) is 12.6. The standard InChI is InChI=1S/C21H32ClNO3/c1-17-15-21(19(18(2)24)16-20(17)22)26-12-8-6-4-3-5-7-9-23-10-13-25-14-11-23/h15-16H,3-14H2,1-2H3. The second kappa shape index (κ2) is 11.6. The van der Waals surface area contributed by atoms with E-state index >= 15 is 0 Å². The maximum absolute atomic E-state index is 11.7. The Morgan fingerprint density at radius 2 is 1.77 bits per heavy atom. The van der Waals surface area contributed by atoms with Crippen LogP contribution in [0.3, 0.4) is 0 Å². The smallest absolute Gasteiger partial charge is 0.163 e. The predicted octanol–water partition coefficient (Wildman–Crippen LogP) is 4.90. The number of rotatable bonds is 11. The molecule has 1 aliphatic heterocycles. The highest BCUT2D eigenvalue weighted by Gasteiger charge is 2.12. The molecular formula is C21H32ClNO3. The Kier molecular flexibility index (Phi) is 9.44. The van der Waals surface area contributed by atoms with Crippen LogP contribution >= 0.6 is 11.6 Å². The Morgan fingerprint density at radius 3 is 2.46 bits per heavy atom. The van der Waals surface area contributed by atoms with Crippen LogP contribution in [0.15, 0.2) is 12.1 Å². The molecule has 0 amide bonds. The molecule has 1 aliphatic rings. The molecule has 2 rings (SSSR count). The van der Waals surface area contributed by atoms with Gasteiger partial charge in [0, 0.05) is 18.1 Å². The summed E-state index contributed by atoms with van der Waals surface area (Å²) in [5, 5.41) is 0.611. The molecule has 0 atom stereocenters. The SMILES string of the molecule is CC(=O)c1cc(Cl)c(C)cc1OCCCCCCCCN1CCOCC1. The predicted molar refractivity (Wildman–Crippen MR) is 107 cm³/mol. The van der Waals surface area contributed by atoms with Gasteiger partial charge in [-0.2, -0.15) is 0 Å². The summed E-state index contributed by atoms with van der Waals surface area (Å²) in [4.78, 5) is 14.2. The molecule has 0 saturated carbocycles. The number of nitrogens with zero attached hydrogens (tertiary/aromatic N) is 1. The molecule has 4 nitrogen and oxygen atoms in total. The van der Waals surface area contributed by atoms with Crippen LogP contribution in [-0.4, -0.2) is 50.1 Å². The van der Waals surface area contributed by atoms with Crippen molar-refractivity contribution < 1.29 is 14.3 Å². The number of morpholine rings is 1. The van der Waals surface area contributed by atoms with Crippen molar-refractivity contribution in [1.82, 2.24) is 4.90 Å². The van der Waals surface area contributed by atoms with Gasteiger partial charge in [-0.25, -0.2) is 0 Å². The summed E-state index contributed by atoms with van der Waals surface area (Å²) in [7, 11) is 0. The quantitative estimate of drug-likeness (QED) is 0.403. The van der Waals surface area contributed by atoms with Crippen molar-refractivity contribution in [3.05, 3.63) is 28.3 Å². The molecule has 1 heterocycles. The van der Waals surface area contributed by atoms with Crippen LogP contribution in [0.2, 0.25) is 5.02 Å². The average Bonchev–Trinajstić information content (AvgIpc) is 2.63. The lowest BCUT2D eigenvalue weighted by atomic mass is 10.1. The number of carbonyl (C=O) groups excluding carboxylic acids is 1. The molecule has 0 bridgehead atoms. The van der Waals surface area contributed by atoms with Crippen LogP contribution in [0.5, 0.6) is 5.75 Å². The minimum absolute atomic E-state index is 0.0119. The highest BCUT2D eigenvalue weighted by atomic mass is 35.5. The van der Waals surface area contributed by atoms with Crippen LogP contribution in [0.4, 0.5) is 0 Å². The van der Waals surface area contributed by atoms with Crippen molar-refractivity contribution in [1.29, 1.82) is 0 Å². The third-order valence-corrected chi connectivity index (χ3v) is 5.28. The number of hydrogen-bond acceptors (Lipinski definition) is 4. The van der Waals surface area contributed by atoms with Crippen LogP contribution in [0.1, 0.15) is 61.4 Å². The summed E-state index contributed by atoms with van der Waals surface area (Å²) in [5.41, 5.74) is 1.51. The Bertz CT molecular complexity index is 571. The summed E-state index contributed by atoms with van der Waals surface area (Å²) >= 11 is 6.11. The Morgan fingerprint density at radius 1 is 1.12 bits per heavy atom. The molecule has 0 aliphatic carbocycles. The summed E-state index contributed by atoms with van der Waals surface area (Å²) in [6.07, 6.45) is 7.28. The normalized spacial score (nSPS) is 15.2. The zero-order valence-corrected chi connectivity index (χ0v) is 16.9. The van der Waals surface area contributed by atoms with E-state index in [-0.39, 0.29) is 5.78 Å². The number of hydrogen-bond donors (Lipinski definition) is 0. The summed E-state index contributed by atoms with van der Waals surface area (Å²) in [6, 6.07) is 3.58. The molecule has 0 spiro atoms. The minimum atomic E-state index is -0.0119. The average molecular weight is 382 g/mol. The zero-order chi connectivity index (χ0) is 18.8. The Balaban J connectivity index is 1.55. The van der Waals surface area contributed by atoms with Crippen LogP contribution in [0, 0.1) is 6.92 Å². The van der Waals surface area contributed by atoms with Gasteiger partial charge in [0.25, 0.3) is 0 Å². The first-order valence-corrected chi connectivity index (χ1v) is 10.2. The number of aryl methyl sites for hydroxylation is 1. The van der Waals surface area contributed by atoms with Gasteiger partial charge in [-0.15, -0.1) is 0 Å². The van der Waals surface area contributed by atoms with Gasteiger partial charge in [0.1, 0.15) is 5.75 Å². The van der Waals surface area contributed by atoms with Gasteiger partial charge in [0.05, 0.1) is 25.4 Å². The number of unbranched alkanes of at least 4 members (excludes halogenated alkanes) is 5. The molecule has 1 aromatic rings. The number of benzene rings is 1. The first-order valence-electron chi connectivity index (χ1n) is 9.82. The lowest BCUT2D eigenvalue weighted by molar-refractivity contribution is 0.0371. The van der Waals surface area contributed by atoms with Gasteiger partial charge in [0.15, 0.2) is 5.78 Å². The minimum Gasteiger partial charge on any atom is -0.493 e. The fourth-order valence-corrected chi connectivity index (χ4v) is 3.36. The van der Waals surface area contributed by atoms with E-state index in [1.165, 1.54) is 38.6 Å². The van der Waals surface area contributed by atoms with E-state index in [2.05, 4.69) is 4.90 Å². The molecule has 1 fully saturated rings. The van der Waals surface area contributed by atoms with Gasteiger partial charge in [-0.05, 0) is 50.9 Å². The van der Waals surface area contributed by atoms with Crippen molar-refractivity contribution >= 4 is 17.4 Å². The molecule has 0 radical (unpaired) electrons. The number of ether oxygens (including phenoxy) is 2. The highest BCUT2D eigenvalue weighted by molar-refractivity contribution is 6.31. The molecule has 0 N–H and O–H groups in total. The second-order valence-corrected chi connectivity index (χ2v) is 7.48. The van der Waals surface area contributed by atoms with Crippen molar-refractivity contribution in [3.8, 4) is 5.75 Å². The van der Waals surface area contributed by atoms with Crippen molar-refractivity contribution in [3.63, 3.8) is 0 Å². The van der Waals surface area contributed by atoms with Crippen LogP contribution in [0.25, 0.3) is 0 Å². The van der Waals surface area contributed by atoms with E-state index in [1.54, 1.807) is 13.0 Å². The molecule has 1 saturated heterocycles. The lowest BCUT2D eigenvalue weighted by Gasteiger charge is -2.26. The van der Waals surface area contributed by atoms with Crippen LogP contribution in [-0.2, 0) is 4.74 Å². The first kappa shape index (κ1) is 21.2. The molecule has 0 aromatic heterocycles. The van der Waals surface area contributed by atoms with Crippen molar-refractivity contribution in [2.24, 2.45) is 0 Å². The maximum Gasteiger partial charge on any atom is 0.163 e. The largest absolute Gasteiger partial charge is 0.493 e. The van der Waals surface area contributed by atoms with Gasteiger partial charge >= 0.3 is 0 Å². The molecule has 146 valence electrons. The molecule has 0 unspecified atom stereocenters. The van der Waals surface area contributed by atoms with E-state index in [1.807, 2.05) is 13.0 Å². The maximum atomic E-state index is 11.7. The summed E-state index contributed by atoms with van der Waals surface area (Å²) in [6.45, 7) is 9.27. The van der Waals surface area contributed by atoms with E-state index in [0.29, 0.717) is 22.9 Å². The third-order valence-electron chi connectivity index (χ3n) is 4.87. The van der Waals surface area contributed by atoms with Gasteiger partial charge in [-0.3, -0.25) is 9.69 Å².